The van der Waals surface area contributed by atoms with Crippen molar-refractivity contribution in [1.29, 1.82) is 5.26 Å². The topological polar surface area (TPSA) is 91.4 Å². The van der Waals surface area contributed by atoms with Gasteiger partial charge in [0.25, 0.3) is 0 Å². The molecule has 106 valence electrons. The van der Waals surface area contributed by atoms with Crippen molar-refractivity contribution in [1.82, 2.24) is 5.32 Å². The van der Waals surface area contributed by atoms with Crippen LogP contribution >= 0.6 is 0 Å². The molecule has 1 unspecified atom stereocenters. The molecule has 1 atom stereocenters. The molecule has 0 radical (unpaired) electrons. The summed E-state index contributed by atoms with van der Waals surface area (Å²) in [5.41, 5.74) is 8.12. The number of morpholine rings is 1. The summed E-state index contributed by atoms with van der Waals surface area (Å²) >= 11 is 0. The van der Waals surface area contributed by atoms with Crippen LogP contribution in [0, 0.1) is 11.3 Å². The van der Waals surface area contributed by atoms with Crippen LogP contribution in [0.4, 0.5) is 11.4 Å². The van der Waals surface area contributed by atoms with Crippen LogP contribution < -0.4 is 16.0 Å². The second-order valence-electron chi connectivity index (χ2n) is 4.62. The van der Waals surface area contributed by atoms with E-state index in [1.165, 1.54) is 0 Å². The van der Waals surface area contributed by atoms with Gasteiger partial charge in [-0.1, -0.05) is 0 Å². The molecule has 3 N–H and O–H groups in total. The predicted molar refractivity (Wildman–Crippen MR) is 76.2 cm³/mol. The Hall–Kier alpha value is -2.26. The summed E-state index contributed by atoms with van der Waals surface area (Å²) < 4.78 is 5.38. The van der Waals surface area contributed by atoms with Crippen molar-refractivity contribution in [2.75, 3.05) is 37.4 Å². The molecule has 1 amide bonds. The average Bonchev–Trinajstić information content (AvgIpc) is 2.49. The molecule has 0 saturated carbocycles. The van der Waals surface area contributed by atoms with Gasteiger partial charge in [0.15, 0.2) is 0 Å². The number of benzene rings is 1. The lowest BCUT2D eigenvalue weighted by atomic mass is 10.1. The number of anilines is 2. The monoisotopic (exact) mass is 274 g/mol. The molecular weight excluding hydrogens is 256 g/mol. The first kappa shape index (κ1) is 14.2. The second-order valence-corrected chi connectivity index (χ2v) is 4.62. The minimum atomic E-state index is -0.354. The third-order valence-electron chi connectivity index (χ3n) is 3.41. The van der Waals surface area contributed by atoms with Crippen molar-refractivity contribution in [2.45, 2.75) is 12.5 Å². The molecule has 20 heavy (non-hydrogen) atoms. The Kier molecular flexibility index (Phi) is 4.43. The van der Waals surface area contributed by atoms with Gasteiger partial charge >= 0.3 is 0 Å². The molecule has 0 aliphatic carbocycles. The Morgan fingerprint density at radius 1 is 1.65 bits per heavy atom. The van der Waals surface area contributed by atoms with E-state index >= 15 is 0 Å². The van der Waals surface area contributed by atoms with Gasteiger partial charge in [-0.2, -0.15) is 5.26 Å². The molecule has 0 aromatic heterocycles. The van der Waals surface area contributed by atoms with E-state index in [0.29, 0.717) is 25.4 Å². The van der Waals surface area contributed by atoms with Crippen molar-refractivity contribution in [3.63, 3.8) is 0 Å². The number of amides is 1. The average molecular weight is 274 g/mol. The van der Waals surface area contributed by atoms with Gasteiger partial charge in [-0.05, 0) is 23.8 Å². The Morgan fingerprint density at radius 2 is 2.45 bits per heavy atom. The van der Waals surface area contributed by atoms with Crippen LogP contribution in [0.15, 0.2) is 18.2 Å². The van der Waals surface area contributed by atoms with Crippen molar-refractivity contribution in [2.24, 2.45) is 0 Å². The molecule has 1 fully saturated rings. The number of ether oxygens (including phenoxy) is 1. The Morgan fingerprint density at radius 3 is 3.15 bits per heavy atom. The van der Waals surface area contributed by atoms with Crippen LogP contribution in [0.1, 0.15) is 5.56 Å². The fraction of sp³-hybridized carbons (Fsp3) is 0.429. The largest absolute Gasteiger partial charge is 0.398 e. The molecule has 0 spiro atoms. The minimum absolute atomic E-state index is 0.0802. The Labute approximate surface area is 118 Å². The van der Waals surface area contributed by atoms with Gasteiger partial charge in [-0.15, -0.1) is 0 Å². The number of hydrogen-bond acceptors (Lipinski definition) is 5. The fourth-order valence-electron chi connectivity index (χ4n) is 2.31. The minimum Gasteiger partial charge on any atom is -0.398 e. The number of carbonyl (C=O) groups excluding carboxylic acids is 1. The maximum atomic E-state index is 11.9. The molecule has 1 heterocycles. The highest BCUT2D eigenvalue weighted by molar-refractivity contribution is 5.85. The maximum absolute atomic E-state index is 11.9. The summed E-state index contributed by atoms with van der Waals surface area (Å²) in [6.45, 7) is 1.57. The van der Waals surface area contributed by atoms with Crippen molar-refractivity contribution in [3.05, 3.63) is 23.8 Å². The van der Waals surface area contributed by atoms with E-state index in [9.17, 15) is 4.79 Å². The van der Waals surface area contributed by atoms with Gasteiger partial charge in [0, 0.05) is 25.0 Å². The van der Waals surface area contributed by atoms with Crippen molar-refractivity contribution in [3.8, 4) is 6.07 Å². The highest BCUT2D eigenvalue weighted by atomic mass is 16.5. The SMILES string of the molecule is CNC(=O)C1COCCN1c1ccc(N)c(CC#N)c1. The fourth-order valence-corrected chi connectivity index (χ4v) is 2.31. The van der Waals surface area contributed by atoms with Gasteiger partial charge < -0.3 is 20.7 Å². The summed E-state index contributed by atoms with van der Waals surface area (Å²) in [4.78, 5) is 13.9. The second kappa shape index (κ2) is 6.26. The van der Waals surface area contributed by atoms with E-state index in [0.717, 1.165) is 11.3 Å². The van der Waals surface area contributed by atoms with E-state index in [-0.39, 0.29) is 18.4 Å². The number of carbonyl (C=O) groups is 1. The third-order valence-corrected chi connectivity index (χ3v) is 3.41. The number of nitriles is 1. The van der Waals surface area contributed by atoms with Crippen LogP contribution in [0.5, 0.6) is 0 Å². The summed E-state index contributed by atoms with van der Waals surface area (Å²) in [5, 5.41) is 11.5. The molecule has 6 nitrogen and oxygen atoms in total. The summed E-state index contributed by atoms with van der Waals surface area (Å²) in [5.74, 6) is -0.0802. The van der Waals surface area contributed by atoms with E-state index < -0.39 is 0 Å². The number of nitrogens with zero attached hydrogens (tertiary/aromatic N) is 2. The molecule has 0 bridgehead atoms. The van der Waals surface area contributed by atoms with Crippen LogP contribution in [-0.4, -0.2) is 38.8 Å². The van der Waals surface area contributed by atoms with Crippen LogP contribution in [0.3, 0.4) is 0 Å². The highest BCUT2D eigenvalue weighted by Crippen LogP contribution is 2.25. The van der Waals surface area contributed by atoms with E-state index in [4.69, 9.17) is 15.7 Å². The van der Waals surface area contributed by atoms with Crippen LogP contribution in [0.25, 0.3) is 0 Å². The number of hydrogen-bond donors (Lipinski definition) is 2. The van der Waals surface area contributed by atoms with Crippen molar-refractivity contribution >= 4 is 17.3 Å². The van der Waals surface area contributed by atoms with E-state index in [2.05, 4.69) is 11.4 Å². The Balaban J connectivity index is 2.30. The Bertz CT molecular complexity index is 538. The zero-order valence-corrected chi connectivity index (χ0v) is 11.4. The van der Waals surface area contributed by atoms with Gasteiger partial charge in [0.1, 0.15) is 6.04 Å². The quantitative estimate of drug-likeness (QED) is 0.773. The lowest BCUT2D eigenvalue weighted by molar-refractivity contribution is -0.124. The zero-order chi connectivity index (χ0) is 14.5. The maximum Gasteiger partial charge on any atom is 0.244 e. The molecular formula is C14H18N4O2. The first-order chi connectivity index (χ1) is 9.67. The van der Waals surface area contributed by atoms with Crippen LogP contribution in [0.2, 0.25) is 0 Å². The number of nitrogens with one attached hydrogen (secondary N) is 1. The number of nitrogen functional groups attached to an aromatic ring is 1. The van der Waals surface area contributed by atoms with Gasteiger partial charge in [-0.3, -0.25) is 4.79 Å². The smallest absolute Gasteiger partial charge is 0.244 e. The molecule has 6 heteroatoms. The zero-order valence-electron chi connectivity index (χ0n) is 11.4. The lowest BCUT2D eigenvalue weighted by Gasteiger charge is -2.36. The first-order valence-electron chi connectivity index (χ1n) is 6.48. The van der Waals surface area contributed by atoms with Gasteiger partial charge in [0.05, 0.1) is 25.7 Å². The van der Waals surface area contributed by atoms with Crippen molar-refractivity contribution < 1.29 is 9.53 Å². The van der Waals surface area contributed by atoms with E-state index in [1.807, 2.05) is 17.0 Å². The van der Waals surface area contributed by atoms with Gasteiger partial charge in [-0.25, -0.2) is 0 Å². The molecule has 1 aliphatic rings. The highest BCUT2D eigenvalue weighted by Gasteiger charge is 2.29. The summed E-state index contributed by atoms with van der Waals surface area (Å²) in [7, 11) is 1.61. The normalized spacial score (nSPS) is 18.4. The van der Waals surface area contributed by atoms with Gasteiger partial charge in [0.2, 0.25) is 5.91 Å². The van der Waals surface area contributed by atoms with Crippen LogP contribution in [-0.2, 0) is 16.0 Å². The predicted octanol–water partition coefficient (Wildman–Crippen LogP) is 0.286. The first-order valence-corrected chi connectivity index (χ1v) is 6.48. The molecule has 1 aromatic carbocycles. The molecule has 1 aromatic rings. The molecule has 1 saturated heterocycles. The third kappa shape index (κ3) is 2.83. The molecule has 1 aliphatic heterocycles. The standard InChI is InChI=1S/C14H18N4O2/c1-17-14(19)13-9-20-7-6-18(13)11-2-3-12(16)10(8-11)4-5-15/h2-3,8,13H,4,6-7,9,16H2,1H3,(H,17,19). The number of rotatable bonds is 3. The number of likely N-dealkylation sites (N-methyl/N-ethyl adjacent to an activating group) is 1. The van der Waals surface area contributed by atoms with E-state index in [1.54, 1.807) is 13.1 Å². The molecule has 2 rings (SSSR count). The summed E-state index contributed by atoms with van der Waals surface area (Å²) in [6, 6.07) is 7.27. The summed E-state index contributed by atoms with van der Waals surface area (Å²) in [6.07, 6.45) is 0.259. The lowest BCUT2D eigenvalue weighted by Crippen LogP contribution is -2.53. The number of nitrogens with two attached hydrogens (primary N) is 1.